The number of benzene rings is 2. The number of aryl methyl sites for hydroxylation is 3. The van der Waals surface area contributed by atoms with Crippen LogP contribution >= 0.6 is 0 Å². The Balaban J connectivity index is 1.97. The van der Waals surface area contributed by atoms with E-state index in [1.54, 1.807) is 7.11 Å². The third kappa shape index (κ3) is 4.44. The van der Waals surface area contributed by atoms with Crippen molar-refractivity contribution in [3.63, 3.8) is 0 Å². The number of methoxy groups -OCH3 is 1. The molecule has 2 aromatic rings. The number of nitrogens with one attached hydrogen (secondary N) is 1. The van der Waals surface area contributed by atoms with E-state index in [-0.39, 0.29) is 24.5 Å². The van der Waals surface area contributed by atoms with E-state index in [0.29, 0.717) is 17.0 Å². The SMILES string of the molecule is COc1ccc(C)cc1NC(=O)CCC(=O)c1ccc(C)c(C)c1. The van der Waals surface area contributed by atoms with Crippen LogP contribution in [-0.4, -0.2) is 18.8 Å². The molecule has 4 heteroatoms. The molecule has 0 bridgehead atoms. The van der Waals surface area contributed by atoms with Crippen LogP contribution < -0.4 is 10.1 Å². The van der Waals surface area contributed by atoms with Gasteiger partial charge in [0.15, 0.2) is 5.78 Å². The molecule has 24 heavy (non-hydrogen) atoms. The number of hydrogen-bond acceptors (Lipinski definition) is 3. The number of carbonyl (C=O) groups excluding carboxylic acids is 2. The molecule has 0 spiro atoms. The zero-order chi connectivity index (χ0) is 17.7. The fraction of sp³-hybridized carbons (Fsp3) is 0.300. The molecule has 1 amide bonds. The molecule has 1 N–H and O–H groups in total. The third-order valence-corrected chi connectivity index (χ3v) is 4.04. The number of Topliss-reactive ketones (excluding diaryl/α,β-unsaturated/α-hetero) is 1. The summed E-state index contributed by atoms with van der Waals surface area (Å²) >= 11 is 0. The third-order valence-electron chi connectivity index (χ3n) is 4.04. The zero-order valence-corrected chi connectivity index (χ0v) is 14.6. The fourth-order valence-corrected chi connectivity index (χ4v) is 2.42. The van der Waals surface area contributed by atoms with Gasteiger partial charge in [0.1, 0.15) is 5.75 Å². The Bertz CT molecular complexity index is 765. The van der Waals surface area contributed by atoms with Crippen LogP contribution in [0, 0.1) is 20.8 Å². The van der Waals surface area contributed by atoms with Gasteiger partial charge in [-0.15, -0.1) is 0 Å². The molecule has 0 heterocycles. The van der Waals surface area contributed by atoms with E-state index in [2.05, 4.69) is 5.32 Å². The quantitative estimate of drug-likeness (QED) is 0.809. The van der Waals surface area contributed by atoms with Crippen molar-refractivity contribution in [1.82, 2.24) is 0 Å². The van der Waals surface area contributed by atoms with Gasteiger partial charge in [0.2, 0.25) is 5.91 Å². The lowest BCUT2D eigenvalue weighted by molar-refractivity contribution is -0.116. The van der Waals surface area contributed by atoms with E-state index in [1.165, 1.54) is 0 Å². The molecule has 0 saturated heterocycles. The van der Waals surface area contributed by atoms with Gasteiger partial charge in [0.25, 0.3) is 0 Å². The molecule has 0 fully saturated rings. The number of carbonyl (C=O) groups is 2. The normalized spacial score (nSPS) is 10.3. The first kappa shape index (κ1) is 17.7. The van der Waals surface area contributed by atoms with Crippen LogP contribution in [0.15, 0.2) is 36.4 Å². The number of hydrogen-bond donors (Lipinski definition) is 1. The van der Waals surface area contributed by atoms with Gasteiger partial charge >= 0.3 is 0 Å². The summed E-state index contributed by atoms with van der Waals surface area (Å²) < 4.78 is 5.24. The predicted molar refractivity (Wildman–Crippen MR) is 95.8 cm³/mol. The van der Waals surface area contributed by atoms with E-state index >= 15 is 0 Å². The molecule has 0 aliphatic heterocycles. The lowest BCUT2D eigenvalue weighted by atomic mass is 10.0. The summed E-state index contributed by atoms with van der Waals surface area (Å²) in [5.74, 6) is 0.384. The van der Waals surface area contributed by atoms with E-state index in [0.717, 1.165) is 16.7 Å². The maximum Gasteiger partial charge on any atom is 0.224 e. The fourth-order valence-electron chi connectivity index (χ4n) is 2.42. The molecule has 126 valence electrons. The highest BCUT2D eigenvalue weighted by atomic mass is 16.5. The van der Waals surface area contributed by atoms with Gasteiger partial charge in [-0.05, 0) is 55.7 Å². The molecule has 2 aromatic carbocycles. The zero-order valence-electron chi connectivity index (χ0n) is 14.6. The van der Waals surface area contributed by atoms with Gasteiger partial charge in [-0.1, -0.05) is 18.2 Å². The molecule has 0 radical (unpaired) electrons. The van der Waals surface area contributed by atoms with Crippen molar-refractivity contribution in [3.05, 3.63) is 58.7 Å². The summed E-state index contributed by atoms with van der Waals surface area (Å²) in [6.07, 6.45) is 0.325. The molecular formula is C20H23NO3. The Labute approximate surface area is 142 Å². The van der Waals surface area contributed by atoms with Crippen molar-refractivity contribution in [2.24, 2.45) is 0 Å². The number of anilines is 1. The van der Waals surface area contributed by atoms with Crippen LogP contribution in [0.2, 0.25) is 0 Å². The summed E-state index contributed by atoms with van der Waals surface area (Å²) in [4.78, 5) is 24.4. The monoisotopic (exact) mass is 325 g/mol. The lowest BCUT2D eigenvalue weighted by Crippen LogP contribution is -2.14. The van der Waals surface area contributed by atoms with Gasteiger partial charge in [-0.25, -0.2) is 0 Å². The van der Waals surface area contributed by atoms with Gasteiger partial charge in [-0.2, -0.15) is 0 Å². The Morgan fingerprint density at radius 1 is 0.958 bits per heavy atom. The Hall–Kier alpha value is -2.62. The van der Waals surface area contributed by atoms with Crippen LogP contribution in [0.1, 0.15) is 39.9 Å². The van der Waals surface area contributed by atoms with Crippen LogP contribution in [-0.2, 0) is 4.79 Å². The number of amides is 1. The average Bonchev–Trinajstić information content (AvgIpc) is 2.55. The molecule has 0 unspecified atom stereocenters. The standard InChI is InChI=1S/C20H23NO3/c1-13-5-9-19(24-4)17(11-13)21-20(23)10-8-18(22)16-7-6-14(2)15(3)12-16/h5-7,9,11-12H,8,10H2,1-4H3,(H,21,23). The maximum absolute atomic E-state index is 12.2. The summed E-state index contributed by atoms with van der Waals surface area (Å²) in [6.45, 7) is 5.92. The molecule has 0 saturated carbocycles. The molecule has 4 nitrogen and oxygen atoms in total. The van der Waals surface area contributed by atoms with Crippen LogP contribution in [0.5, 0.6) is 5.75 Å². The predicted octanol–water partition coefficient (Wildman–Crippen LogP) is 4.22. The van der Waals surface area contributed by atoms with Gasteiger partial charge in [0, 0.05) is 18.4 Å². The Morgan fingerprint density at radius 2 is 1.71 bits per heavy atom. The summed E-state index contributed by atoms with van der Waals surface area (Å²) in [7, 11) is 1.56. The average molecular weight is 325 g/mol. The van der Waals surface area contributed by atoms with Crippen molar-refractivity contribution in [3.8, 4) is 5.75 Å². The molecule has 2 rings (SSSR count). The minimum atomic E-state index is -0.198. The largest absolute Gasteiger partial charge is 0.495 e. The van der Waals surface area contributed by atoms with E-state index in [9.17, 15) is 9.59 Å². The smallest absolute Gasteiger partial charge is 0.224 e. The molecule has 0 atom stereocenters. The van der Waals surface area contributed by atoms with E-state index in [4.69, 9.17) is 4.74 Å². The van der Waals surface area contributed by atoms with Gasteiger partial charge in [-0.3, -0.25) is 9.59 Å². The Morgan fingerprint density at radius 3 is 2.38 bits per heavy atom. The molecule has 0 aromatic heterocycles. The van der Waals surface area contributed by atoms with Gasteiger partial charge < -0.3 is 10.1 Å². The topological polar surface area (TPSA) is 55.4 Å². The summed E-state index contributed by atoms with van der Waals surface area (Å²) in [6, 6.07) is 11.2. The van der Waals surface area contributed by atoms with Crippen LogP contribution in [0.3, 0.4) is 0 Å². The summed E-state index contributed by atoms with van der Waals surface area (Å²) in [5.41, 5.74) is 4.53. The minimum absolute atomic E-state index is 0.0237. The highest BCUT2D eigenvalue weighted by Crippen LogP contribution is 2.25. The van der Waals surface area contributed by atoms with E-state index in [1.807, 2.05) is 57.2 Å². The first-order valence-electron chi connectivity index (χ1n) is 7.95. The minimum Gasteiger partial charge on any atom is -0.495 e. The van der Waals surface area contributed by atoms with Crippen molar-refractivity contribution in [2.45, 2.75) is 33.6 Å². The molecule has 0 aliphatic rings. The second-order valence-corrected chi connectivity index (χ2v) is 5.97. The van der Waals surface area contributed by atoms with Gasteiger partial charge in [0.05, 0.1) is 12.8 Å². The number of ketones is 1. The molecular weight excluding hydrogens is 302 g/mol. The maximum atomic E-state index is 12.2. The number of ether oxygens (including phenoxy) is 1. The second kappa shape index (κ2) is 7.77. The second-order valence-electron chi connectivity index (χ2n) is 5.97. The van der Waals surface area contributed by atoms with Crippen LogP contribution in [0.25, 0.3) is 0 Å². The first-order valence-corrected chi connectivity index (χ1v) is 7.95. The van der Waals surface area contributed by atoms with Crippen molar-refractivity contribution in [1.29, 1.82) is 0 Å². The number of rotatable bonds is 6. The summed E-state index contributed by atoms with van der Waals surface area (Å²) in [5, 5.41) is 2.81. The van der Waals surface area contributed by atoms with Crippen LogP contribution in [0.4, 0.5) is 5.69 Å². The first-order chi connectivity index (χ1) is 11.4. The lowest BCUT2D eigenvalue weighted by Gasteiger charge is -2.11. The highest BCUT2D eigenvalue weighted by molar-refractivity contribution is 6.00. The van der Waals surface area contributed by atoms with Crippen molar-refractivity contribution in [2.75, 3.05) is 12.4 Å². The van der Waals surface area contributed by atoms with Crippen molar-refractivity contribution < 1.29 is 14.3 Å². The highest BCUT2D eigenvalue weighted by Gasteiger charge is 2.12. The molecule has 0 aliphatic carbocycles. The van der Waals surface area contributed by atoms with Crippen molar-refractivity contribution >= 4 is 17.4 Å². The van der Waals surface area contributed by atoms with E-state index < -0.39 is 0 Å². The Kier molecular flexibility index (Phi) is 5.74.